The standard InChI is InChI=1S/C22H20FN3O5S.C2HF3O2/c23-14-7-4-8-15(9-14)31-10-13-11-32-21-17(20(28)26(21)18(13)22(29)30)25-19(27)16(24)12-5-2-1-3-6-12;3-2(4,5)1(6)7/h1-9,16-17,21H,10-11,24H2,(H,25,27)(H,29,30);(H,6,7)/t16?,17?,21-;/m1./s1. The summed E-state index contributed by atoms with van der Waals surface area (Å²) in [5.41, 5.74) is 6.81. The average Bonchev–Trinajstić information content (AvgIpc) is 2.89. The van der Waals surface area contributed by atoms with E-state index >= 15 is 0 Å². The third kappa shape index (κ3) is 7.06. The van der Waals surface area contributed by atoms with Crippen molar-refractivity contribution in [2.45, 2.75) is 23.6 Å². The van der Waals surface area contributed by atoms with E-state index in [9.17, 15) is 37.1 Å². The molecule has 0 aliphatic carbocycles. The molecule has 2 heterocycles. The third-order valence-electron chi connectivity index (χ3n) is 5.44. The van der Waals surface area contributed by atoms with Gasteiger partial charge in [0.2, 0.25) is 5.91 Å². The van der Waals surface area contributed by atoms with Gasteiger partial charge >= 0.3 is 18.1 Å². The zero-order valence-electron chi connectivity index (χ0n) is 19.7. The largest absolute Gasteiger partial charge is 0.490 e. The van der Waals surface area contributed by atoms with Crippen LogP contribution >= 0.6 is 11.8 Å². The van der Waals surface area contributed by atoms with Crippen molar-refractivity contribution >= 4 is 35.5 Å². The number of thioether (sulfide) groups is 1. The van der Waals surface area contributed by atoms with E-state index in [1.807, 2.05) is 0 Å². The Morgan fingerprint density at radius 2 is 1.77 bits per heavy atom. The number of halogens is 4. The smallest absolute Gasteiger partial charge is 0.489 e. The van der Waals surface area contributed by atoms with Crippen LogP contribution < -0.4 is 15.8 Å². The Balaban J connectivity index is 0.000000532. The van der Waals surface area contributed by atoms with Gasteiger partial charge in [-0.05, 0) is 17.7 Å². The third-order valence-corrected chi connectivity index (χ3v) is 6.78. The Bertz CT molecular complexity index is 1290. The SMILES string of the molecule is NC(C(=O)NC1C(=O)N2C(C(=O)O)=C(COc3cccc(F)c3)CS[C@H]12)c1ccccc1.O=C(O)C(F)(F)F. The molecule has 2 aromatic rings. The first-order chi connectivity index (χ1) is 18.3. The fraction of sp³-hybridized carbons (Fsp3) is 0.250. The first-order valence-corrected chi connectivity index (χ1v) is 12.1. The van der Waals surface area contributed by atoms with E-state index in [1.165, 1.54) is 30.0 Å². The summed E-state index contributed by atoms with van der Waals surface area (Å²) in [6.07, 6.45) is -5.08. The fourth-order valence-electron chi connectivity index (χ4n) is 3.58. The second-order valence-electron chi connectivity index (χ2n) is 8.09. The molecule has 1 saturated heterocycles. The monoisotopic (exact) mass is 571 g/mol. The maximum absolute atomic E-state index is 13.3. The maximum Gasteiger partial charge on any atom is 0.490 e. The first-order valence-electron chi connectivity index (χ1n) is 11.0. The highest BCUT2D eigenvalue weighted by molar-refractivity contribution is 8.00. The van der Waals surface area contributed by atoms with Gasteiger partial charge in [0.1, 0.15) is 41.3 Å². The molecule has 0 radical (unpaired) electrons. The fourth-order valence-corrected chi connectivity index (χ4v) is 4.90. The van der Waals surface area contributed by atoms with Crippen LogP contribution in [0, 0.1) is 5.82 Å². The van der Waals surface area contributed by atoms with Gasteiger partial charge < -0.3 is 26.0 Å². The van der Waals surface area contributed by atoms with Gasteiger partial charge in [0.25, 0.3) is 5.91 Å². The number of β-lactam (4-membered cyclic amide) rings is 1. The second kappa shape index (κ2) is 12.2. The van der Waals surface area contributed by atoms with Gasteiger partial charge in [-0.1, -0.05) is 36.4 Å². The molecule has 4 rings (SSSR count). The molecule has 0 saturated carbocycles. The van der Waals surface area contributed by atoms with E-state index in [2.05, 4.69) is 5.32 Å². The number of nitrogens with two attached hydrogens (primary N) is 1. The molecule has 2 amide bonds. The summed E-state index contributed by atoms with van der Waals surface area (Å²) in [5, 5.41) is 18.9. The number of hydrogen-bond acceptors (Lipinski definition) is 7. The molecule has 2 aliphatic rings. The number of fused-ring (bicyclic) bond motifs is 1. The Kier molecular flexibility index (Phi) is 9.19. The van der Waals surface area contributed by atoms with Crippen LogP contribution in [0.25, 0.3) is 0 Å². The second-order valence-corrected chi connectivity index (χ2v) is 9.20. The zero-order chi connectivity index (χ0) is 28.9. The minimum atomic E-state index is -5.08. The van der Waals surface area contributed by atoms with Crippen LogP contribution in [0.3, 0.4) is 0 Å². The van der Waals surface area contributed by atoms with Crippen LogP contribution in [0.4, 0.5) is 17.6 Å². The summed E-state index contributed by atoms with van der Waals surface area (Å²) in [4.78, 5) is 47.2. The van der Waals surface area contributed by atoms with Crippen molar-refractivity contribution in [1.29, 1.82) is 0 Å². The zero-order valence-corrected chi connectivity index (χ0v) is 20.5. The highest BCUT2D eigenvalue weighted by Crippen LogP contribution is 2.40. The van der Waals surface area contributed by atoms with Gasteiger partial charge in [-0.25, -0.2) is 14.0 Å². The number of carbonyl (C=O) groups excluding carboxylic acids is 2. The Labute approximate surface area is 222 Å². The normalized spacial score (nSPS) is 19.1. The number of amides is 2. The first kappa shape index (κ1) is 29.4. The molecule has 2 unspecified atom stereocenters. The van der Waals surface area contributed by atoms with Crippen LogP contribution in [0.5, 0.6) is 5.75 Å². The Hall–Kier alpha value is -4.11. The van der Waals surface area contributed by atoms with E-state index < -0.39 is 53.2 Å². The molecule has 2 aromatic carbocycles. The molecule has 5 N–H and O–H groups in total. The maximum atomic E-state index is 13.3. The molecule has 0 bridgehead atoms. The summed E-state index contributed by atoms with van der Waals surface area (Å²) in [6, 6.07) is 12.4. The number of carboxylic acids is 2. The van der Waals surface area contributed by atoms with Crippen molar-refractivity contribution in [2.24, 2.45) is 5.73 Å². The van der Waals surface area contributed by atoms with Gasteiger partial charge in [0.15, 0.2) is 0 Å². The van der Waals surface area contributed by atoms with Crippen LogP contribution in [-0.4, -0.2) is 68.8 Å². The number of rotatable bonds is 7. The molecule has 39 heavy (non-hydrogen) atoms. The van der Waals surface area contributed by atoms with Crippen LogP contribution in [0.1, 0.15) is 11.6 Å². The number of nitrogens with zero attached hydrogens (tertiary/aromatic N) is 1. The lowest BCUT2D eigenvalue weighted by molar-refractivity contribution is -0.192. The predicted octanol–water partition coefficient (Wildman–Crippen LogP) is 2.28. The molecule has 0 aromatic heterocycles. The number of alkyl halides is 3. The minimum absolute atomic E-state index is 0.107. The summed E-state index contributed by atoms with van der Waals surface area (Å²) in [5.74, 6) is -5.02. The number of aliphatic carboxylic acids is 2. The molecule has 3 atom stereocenters. The predicted molar refractivity (Wildman–Crippen MR) is 129 cm³/mol. The number of nitrogens with one attached hydrogen (secondary N) is 1. The lowest BCUT2D eigenvalue weighted by Crippen LogP contribution is -2.71. The van der Waals surface area contributed by atoms with Crippen LogP contribution in [-0.2, 0) is 19.2 Å². The van der Waals surface area contributed by atoms with Crippen molar-refractivity contribution in [1.82, 2.24) is 10.2 Å². The molecule has 0 spiro atoms. The number of ether oxygens (including phenoxy) is 1. The van der Waals surface area contributed by atoms with E-state index in [0.29, 0.717) is 11.1 Å². The van der Waals surface area contributed by atoms with Gasteiger partial charge in [-0.15, -0.1) is 11.8 Å². The summed E-state index contributed by atoms with van der Waals surface area (Å²) in [6.45, 7) is -0.107. The Morgan fingerprint density at radius 1 is 1.13 bits per heavy atom. The molecular weight excluding hydrogens is 550 g/mol. The van der Waals surface area contributed by atoms with Crippen molar-refractivity contribution in [3.8, 4) is 5.75 Å². The quantitative estimate of drug-likeness (QED) is 0.289. The lowest BCUT2D eigenvalue weighted by atomic mass is 10.0. The highest BCUT2D eigenvalue weighted by Gasteiger charge is 2.54. The average molecular weight is 572 g/mol. The number of carbonyl (C=O) groups is 4. The van der Waals surface area contributed by atoms with E-state index in [0.717, 1.165) is 4.90 Å². The molecular formula is C24H21F4N3O7S. The molecule has 1 fully saturated rings. The van der Waals surface area contributed by atoms with E-state index in [1.54, 1.807) is 36.4 Å². The van der Waals surface area contributed by atoms with Crippen molar-refractivity contribution in [2.75, 3.05) is 12.4 Å². The van der Waals surface area contributed by atoms with Gasteiger partial charge in [-0.2, -0.15) is 13.2 Å². The van der Waals surface area contributed by atoms with E-state index in [4.69, 9.17) is 20.4 Å². The van der Waals surface area contributed by atoms with Gasteiger partial charge in [0.05, 0.1) is 0 Å². The molecule has 10 nitrogen and oxygen atoms in total. The summed E-state index contributed by atoms with van der Waals surface area (Å²) < 4.78 is 50.6. The van der Waals surface area contributed by atoms with Gasteiger partial charge in [0, 0.05) is 17.4 Å². The summed E-state index contributed by atoms with van der Waals surface area (Å²) >= 11 is 1.32. The number of hydrogen-bond donors (Lipinski definition) is 4. The van der Waals surface area contributed by atoms with Gasteiger partial charge in [-0.3, -0.25) is 14.5 Å². The topological polar surface area (TPSA) is 159 Å². The van der Waals surface area contributed by atoms with E-state index in [-0.39, 0.29) is 23.8 Å². The molecule has 2 aliphatic heterocycles. The lowest BCUT2D eigenvalue weighted by Gasteiger charge is -2.49. The number of carboxylic acid groups (broad SMARTS) is 2. The summed E-state index contributed by atoms with van der Waals surface area (Å²) in [7, 11) is 0. The molecule has 15 heteroatoms. The highest BCUT2D eigenvalue weighted by atomic mass is 32.2. The van der Waals surface area contributed by atoms with Crippen molar-refractivity contribution < 1.29 is 51.7 Å². The van der Waals surface area contributed by atoms with Crippen molar-refractivity contribution in [3.05, 3.63) is 77.2 Å². The van der Waals surface area contributed by atoms with Crippen LogP contribution in [0.2, 0.25) is 0 Å². The molecule has 208 valence electrons. The van der Waals surface area contributed by atoms with Crippen molar-refractivity contribution in [3.63, 3.8) is 0 Å². The van der Waals surface area contributed by atoms with Crippen LogP contribution in [0.15, 0.2) is 65.9 Å². The minimum Gasteiger partial charge on any atom is -0.489 e. The number of benzene rings is 2. The Morgan fingerprint density at radius 3 is 2.33 bits per heavy atom.